The molecular weight excluding hydrogens is 266 g/mol. The topological polar surface area (TPSA) is 12.0 Å². The maximum absolute atomic E-state index is 6.09. The van der Waals surface area contributed by atoms with Gasteiger partial charge in [-0.1, -0.05) is 54.9 Å². The van der Waals surface area contributed by atoms with E-state index < -0.39 is 0 Å². The summed E-state index contributed by atoms with van der Waals surface area (Å²) in [5.74, 6) is 0.481. The van der Waals surface area contributed by atoms with Crippen molar-refractivity contribution in [1.82, 2.24) is 5.32 Å². The smallest absolute Gasteiger partial charge is 0.0408 e. The van der Waals surface area contributed by atoms with Gasteiger partial charge in [0.2, 0.25) is 0 Å². The Labute approximate surface area is 127 Å². The highest BCUT2D eigenvalue weighted by Gasteiger charge is 2.14. The Bertz CT molecular complexity index is 551. The normalized spacial score (nSPS) is 12.3. The summed E-state index contributed by atoms with van der Waals surface area (Å²) in [5, 5.41) is 4.29. The number of benzene rings is 2. The zero-order valence-corrected chi connectivity index (χ0v) is 13.0. The molecule has 0 amide bonds. The molecule has 0 fully saturated rings. The molecule has 1 atom stereocenters. The summed E-state index contributed by atoms with van der Waals surface area (Å²) in [7, 11) is 0. The van der Waals surface area contributed by atoms with Crippen molar-refractivity contribution in [2.24, 2.45) is 0 Å². The molecule has 2 heteroatoms. The fourth-order valence-corrected chi connectivity index (χ4v) is 2.82. The van der Waals surface area contributed by atoms with Crippen LogP contribution in [0.1, 0.15) is 29.5 Å². The van der Waals surface area contributed by atoms with Crippen LogP contribution in [0.5, 0.6) is 0 Å². The molecule has 0 aromatic heterocycles. The number of aryl methyl sites for hydroxylation is 1. The van der Waals surface area contributed by atoms with Crippen LogP contribution in [0.15, 0.2) is 48.5 Å². The van der Waals surface area contributed by atoms with Gasteiger partial charge in [-0.25, -0.2) is 0 Å². The predicted molar refractivity (Wildman–Crippen MR) is 87.6 cm³/mol. The molecule has 106 valence electrons. The fraction of sp³-hybridized carbons (Fsp3) is 0.333. The predicted octanol–water partition coefficient (Wildman–Crippen LogP) is 4.58. The minimum atomic E-state index is 0.481. The van der Waals surface area contributed by atoms with E-state index in [0.717, 1.165) is 24.5 Å². The van der Waals surface area contributed by atoms with Crippen molar-refractivity contribution in [3.05, 3.63) is 70.2 Å². The first-order valence-electron chi connectivity index (χ1n) is 7.21. The molecule has 0 aliphatic carbocycles. The van der Waals surface area contributed by atoms with Gasteiger partial charge < -0.3 is 5.32 Å². The molecule has 2 rings (SSSR count). The lowest BCUT2D eigenvalue weighted by Crippen LogP contribution is -2.23. The first-order valence-corrected chi connectivity index (χ1v) is 7.59. The van der Waals surface area contributed by atoms with Gasteiger partial charge in [0.1, 0.15) is 0 Å². The summed E-state index contributed by atoms with van der Waals surface area (Å²) in [5.41, 5.74) is 4.08. The lowest BCUT2D eigenvalue weighted by Gasteiger charge is -2.20. The molecular formula is C18H22ClN. The van der Waals surface area contributed by atoms with Crippen LogP contribution in [0.25, 0.3) is 0 Å². The van der Waals surface area contributed by atoms with Crippen molar-refractivity contribution in [2.75, 3.05) is 13.1 Å². The molecule has 2 aromatic carbocycles. The number of halogens is 1. The number of rotatable bonds is 6. The van der Waals surface area contributed by atoms with Crippen molar-refractivity contribution < 1.29 is 0 Å². The molecule has 0 radical (unpaired) electrons. The van der Waals surface area contributed by atoms with Crippen molar-refractivity contribution in [1.29, 1.82) is 0 Å². The van der Waals surface area contributed by atoms with Crippen LogP contribution >= 0.6 is 11.6 Å². The Morgan fingerprint density at radius 3 is 2.60 bits per heavy atom. The average Bonchev–Trinajstić information content (AvgIpc) is 2.44. The minimum Gasteiger partial charge on any atom is -0.316 e. The molecule has 0 bridgehead atoms. The lowest BCUT2D eigenvalue weighted by molar-refractivity contribution is 0.592. The largest absolute Gasteiger partial charge is 0.316 e. The highest BCUT2D eigenvalue weighted by atomic mass is 35.5. The Morgan fingerprint density at radius 1 is 1.10 bits per heavy atom. The van der Waals surface area contributed by atoms with Gasteiger partial charge in [-0.15, -0.1) is 0 Å². The summed E-state index contributed by atoms with van der Waals surface area (Å²) in [6.07, 6.45) is 1.01. The summed E-state index contributed by atoms with van der Waals surface area (Å²) in [4.78, 5) is 0. The quantitative estimate of drug-likeness (QED) is 0.820. The highest BCUT2D eigenvalue weighted by Crippen LogP contribution is 2.24. The van der Waals surface area contributed by atoms with Crippen molar-refractivity contribution in [2.45, 2.75) is 26.2 Å². The van der Waals surface area contributed by atoms with Crippen LogP contribution < -0.4 is 5.32 Å². The second kappa shape index (κ2) is 7.47. The third-order valence-electron chi connectivity index (χ3n) is 3.64. The molecule has 20 heavy (non-hydrogen) atoms. The molecule has 0 aliphatic rings. The number of hydrogen-bond acceptors (Lipinski definition) is 1. The van der Waals surface area contributed by atoms with Crippen molar-refractivity contribution >= 4 is 11.6 Å². The minimum absolute atomic E-state index is 0.481. The molecule has 1 unspecified atom stereocenters. The van der Waals surface area contributed by atoms with E-state index in [1.54, 1.807) is 0 Å². The second-order valence-corrected chi connectivity index (χ2v) is 5.63. The molecule has 0 heterocycles. The summed E-state index contributed by atoms with van der Waals surface area (Å²) >= 11 is 6.09. The monoisotopic (exact) mass is 287 g/mol. The van der Waals surface area contributed by atoms with Crippen LogP contribution in [0.3, 0.4) is 0 Å². The SMILES string of the molecule is CCNCC(Cc1cccc(Cl)c1)c1ccccc1C. The average molecular weight is 288 g/mol. The molecule has 1 N–H and O–H groups in total. The lowest BCUT2D eigenvalue weighted by atomic mass is 9.89. The molecule has 0 saturated heterocycles. The number of hydrogen-bond donors (Lipinski definition) is 1. The Balaban J connectivity index is 2.22. The van der Waals surface area contributed by atoms with Gasteiger partial charge in [-0.2, -0.15) is 0 Å². The van der Waals surface area contributed by atoms with Gasteiger partial charge >= 0.3 is 0 Å². The van der Waals surface area contributed by atoms with E-state index >= 15 is 0 Å². The summed E-state index contributed by atoms with van der Waals surface area (Å²) in [6.45, 7) is 6.33. The van der Waals surface area contributed by atoms with E-state index in [1.807, 2.05) is 12.1 Å². The van der Waals surface area contributed by atoms with Gasteiger partial charge in [0.05, 0.1) is 0 Å². The molecule has 0 saturated carbocycles. The van der Waals surface area contributed by atoms with Gasteiger partial charge in [0, 0.05) is 17.5 Å². The zero-order chi connectivity index (χ0) is 14.4. The third kappa shape index (κ3) is 4.09. The maximum atomic E-state index is 6.09. The first-order chi connectivity index (χ1) is 9.70. The van der Waals surface area contributed by atoms with E-state index in [1.165, 1.54) is 16.7 Å². The molecule has 0 spiro atoms. The van der Waals surface area contributed by atoms with Crippen LogP contribution in [0, 0.1) is 6.92 Å². The summed E-state index contributed by atoms with van der Waals surface area (Å²) < 4.78 is 0. The highest BCUT2D eigenvalue weighted by molar-refractivity contribution is 6.30. The van der Waals surface area contributed by atoms with Crippen LogP contribution in [-0.2, 0) is 6.42 Å². The summed E-state index contributed by atoms with van der Waals surface area (Å²) in [6, 6.07) is 16.8. The van der Waals surface area contributed by atoms with Gasteiger partial charge in [-0.05, 0) is 48.7 Å². The van der Waals surface area contributed by atoms with Crippen molar-refractivity contribution in [3.63, 3.8) is 0 Å². The fourth-order valence-electron chi connectivity index (χ4n) is 2.60. The van der Waals surface area contributed by atoms with Crippen LogP contribution in [0.4, 0.5) is 0 Å². The molecule has 2 aromatic rings. The first kappa shape index (κ1) is 15.1. The van der Waals surface area contributed by atoms with Gasteiger partial charge in [-0.3, -0.25) is 0 Å². The third-order valence-corrected chi connectivity index (χ3v) is 3.88. The van der Waals surface area contributed by atoms with Crippen LogP contribution in [-0.4, -0.2) is 13.1 Å². The maximum Gasteiger partial charge on any atom is 0.0408 e. The molecule has 0 aliphatic heterocycles. The van der Waals surface area contributed by atoms with Gasteiger partial charge in [0.15, 0.2) is 0 Å². The Morgan fingerprint density at radius 2 is 1.90 bits per heavy atom. The number of likely N-dealkylation sites (N-methyl/N-ethyl adjacent to an activating group) is 1. The zero-order valence-electron chi connectivity index (χ0n) is 12.2. The van der Waals surface area contributed by atoms with E-state index in [2.05, 4.69) is 55.6 Å². The van der Waals surface area contributed by atoms with Gasteiger partial charge in [0.25, 0.3) is 0 Å². The number of nitrogens with one attached hydrogen (secondary N) is 1. The van der Waals surface area contributed by atoms with E-state index in [9.17, 15) is 0 Å². The standard InChI is InChI=1S/C18H22ClN/c1-3-20-13-16(18-10-5-4-7-14(18)2)11-15-8-6-9-17(19)12-15/h4-10,12,16,20H,3,11,13H2,1-2H3. The molecule has 1 nitrogen and oxygen atoms in total. The van der Waals surface area contributed by atoms with E-state index in [0.29, 0.717) is 5.92 Å². The Kier molecular flexibility index (Phi) is 5.63. The van der Waals surface area contributed by atoms with Crippen LogP contribution in [0.2, 0.25) is 5.02 Å². The second-order valence-electron chi connectivity index (χ2n) is 5.20. The van der Waals surface area contributed by atoms with Crippen molar-refractivity contribution in [3.8, 4) is 0 Å². The Hall–Kier alpha value is -1.31. The van der Waals surface area contributed by atoms with E-state index in [-0.39, 0.29) is 0 Å². The van der Waals surface area contributed by atoms with E-state index in [4.69, 9.17) is 11.6 Å².